The van der Waals surface area contributed by atoms with Gasteiger partial charge in [-0.1, -0.05) is 0 Å². The molecule has 0 unspecified atom stereocenters. The molecule has 0 saturated heterocycles. The van der Waals surface area contributed by atoms with Crippen LogP contribution in [0.2, 0.25) is 0 Å². The number of nitrogens with zero attached hydrogens (tertiary/aromatic N) is 2. The molecule has 0 aromatic carbocycles. The molecule has 1 N–H and O–H groups in total. The van der Waals surface area contributed by atoms with Crippen molar-refractivity contribution in [3.8, 4) is 0 Å². The van der Waals surface area contributed by atoms with Gasteiger partial charge in [-0.05, 0) is 7.05 Å². The molecule has 0 fully saturated rings. The SMILES string of the molecule is CN[C@H]1C=NCN1OC. The van der Waals surface area contributed by atoms with Crippen LogP contribution in [0.1, 0.15) is 0 Å². The van der Waals surface area contributed by atoms with Gasteiger partial charge in [-0.25, -0.2) is 0 Å². The lowest BCUT2D eigenvalue weighted by Crippen LogP contribution is -2.40. The van der Waals surface area contributed by atoms with E-state index in [-0.39, 0.29) is 6.17 Å². The second kappa shape index (κ2) is 2.91. The van der Waals surface area contributed by atoms with Crippen LogP contribution in [0.5, 0.6) is 0 Å². The van der Waals surface area contributed by atoms with Gasteiger partial charge < -0.3 is 0 Å². The van der Waals surface area contributed by atoms with Crippen LogP contribution < -0.4 is 5.32 Å². The van der Waals surface area contributed by atoms with Crippen LogP contribution in [0.3, 0.4) is 0 Å². The Morgan fingerprint density at radius 2 is 2.67 bits per heavy atom. The average molecular weight is 129 g/mol. The summed E-state index contributed by atoms with van der Waals surface area (Å²) in [6, 6.07) is 0. The lowest BCUT2D eigenvalue weighted by molar-refractivity contribution is -0.140. The summed E-state index contributed by atoms with van der Waals surface area (Å²) in [5.41, 5.74) is 0. The Balaban J connectivity index is 2.39. The van der Waals surface area contributed by atoms with Crippen molar-refractivity contribution < 1.29 is 4.84 Å². The molecule has 4 heteroatoms. The van der Waals surface area contributed by atoms with Gasteiger partial charge in [-0.2, -0.15) is 0 Å². The van der Waals surface area contributed by atoms with Crippen LogP contribution in [-0.2, 0) is 4.84 Å². The highest BCUT2D eigenvalue weighted by atomic mass is 16.7. The van der Waals surface area contributed by atoms with Gasteiger partial charge in [0.15, 0.2) is 0 Å². The number of hydrogen-bond donors (Lipinski definition) is 1. The first-order valence-electron chi connectivity index (χ1n) is 2.86. The first-order valence-corrected chi connectivity index (χ1v) is 2.86. The van der Waals surface area contributed by atoms with Gasteiger partial charge in [0.05, 0.1) is 7.11 Å². The van der Waals surface area contributed by atoms with Crippen LogP contribution in [0, 0.1) is 0 Å². The summed E-state index contributed by atoms with van der Waals surface area (Å²) in [5.74, 6) is 0. The summed E-state index contributed by atoms with van der Waals surface area (Å²) < 4.78 is 0. The Morgan fingerprint density at radius 3 is 3.11 bits per heavy atom. The van der Waals surface area contributed by atoms with E-state index >= 15 is 0 Å². The normalized spacial score (nSPS) is 27.6. The number of rotatable bonds is 2. The van der Waals surface area contributed by atoms with Crippen LogP contribution in [-0.4, -0.2) is 38.3 Å². The summed E-state index contributed by atoms with van der Waals surface area (Å²) >= 11 is 0. The third kappa shape index (κ3) is 1.27. The van der Waals surface area contributed by atoms with Gasteiger partial charge in [-0.15, -0.1) is 5.06 Å². The molecular weight excluding hydrogens is 118 g/mol. The maximum absolute atomic E-state index is 4.96. The van der Waals surface area contributed by atoms with Gasteiger partial charge in [0, 0.05) is 6.21 Å². The summed E-state index contributed by atoms with van der Waals surface area (Å²) in [7, 11) is 3.51. The summed E-state index contributed by atoms with van der Waals surface area (Å²) in [5, 5.41) is 4.77. The number of hydrogen-bond acceptors (Lipinski definition) is 4. The maximum atomic E-state index is 4.96. The average Bonchev–Trinajstić information content (AvgIpc) is 2.33. The van der Waals surface area contributed by atoms with E-state index in [0.717, 1.165) is 0 Å². The Kier molecular flexibility index (Phi) is 2.16. The predicted molar refractivity (Wildman–Crippen MR) is 35.1 cm³/mol. The molecule has 1 aliphatic heterocycles. The van der Waals surface area contributed by atoms with Crippen molar-refractivity contribution in [1.29, 1.82) is 0 Å². The summed E-state index contributed by atoms with van der Waals surface area (Å²) in [4.78, 5) is 8.96. The van der Waals surface area contributed by atoms with E-state index in [4.69, 9.17) is 4.84 Å². The van der Waals surface area contributed by atoms with E-state index in [0.29, 0.717) is 6.67 Å². The molecule has 9 heavy (non-hydrogen) atoms. The van der Waals surface area contributed by atoms with Gasteiger partial charge in [0.2, 0.25) is 0 Å². The topological polar surface area (TPSA) is 36.9 Å². The predicted octanol–water partition coefficient (Wildman–Crippen LogP) is -0.563. The Morgan fingerprint density at radius 1 is 1.89 bits per heavy atom. The first-order chi connectivity index (χ1) is 4.38. The minimum absolute atomic E-state index is 0.148. The van der Waals surface area contributed by atoms with Gasteiger partial charge in [-0.3, -0.25) is 15.1 Å². The third-order valence-corrected chi connectivity index (χ3v) is 1.31. The van der Waals surface area contributed by atoms with Gasteiger partial charge in [0.25, 0.3) is 0 Å². The zero-order chi connectivity index (χ0) is 6.69. The van der Waals surface area contributed by atoms with Crippen molar-refractivity contribution in [2.24, 2.45) is 4.99 Å². The number of aliphatic imine (C=N–C) groups is 1. The van der Waals surface area contributed by atoms with Crippen molar-refractivity contribution in [1.82, 2.24) is 10.4 Å². The molecule has 0 aliphatic carbocycles. The Labute approximate surface area is 54.5 Å². The van der Waals surface area contributed by atoms with Crippen molar-refractivity contribution in [3.63, 3.8) is 0 Å². The van der Waals surface area contributed by atoms with E-state index in [9.17, 15) is 0 Å². The quantitative estimate of drug-likeness (QED) is 0.543. The molecule has 0 radical (unpaired) electrons. The molecule has 1 aliphatic rings. The molecule has 0 aromatic heterocycles. The van der Waals surface area contributed by atoms with Gasteiger partial charge in [0.1, 0.15) is 12.8 Å². The molecule has 1 heterocycles. The highest BCUT2D eigenvalue weighted by Gasteiger charge is 2.17. The fourth-order valence-corrected chi connectivity index (χ4v) is 0.780. The number of hydroxylamine groups is 2. The first kappa shape index (κ1) is 6.67. The molecule has 0 bridgehead atoms. The zero-order valence-electron chi connectivity index (χ0n) is 5.66. The minimum atomic E-state index is 0.148. The standard InChI is InChI=1S/C5H11N3O/c1-6-5-3-7-4-8(5)9-2/h3,5-6H,4H2,1-2H3/t5-/m1/s1. The molecule has 4 nitrogen and oxygen atoms in total. The highest BCUT2D eigenvalue weighted by molar-refractivity contribution is 5.65. The lowest BCUT2D eigenvalue weighted by Gasteiger charge is -2.18. The van der Waals surface area contributed by atoms with E-state index in [1.807, 2.05) is 13.3 Å². The van der Waals surface area contributed by atoms with Crippen LogP contribution in [0.4, 0.5) is 0 Å². The second-order valence-corrected chi connectivity index (χ2v) is 1.81. The van der Waals surface area contributed by atoms with Crippen molar-refractivity contribution in [2.75, 3.05) is 20.8 Å². The smallest absolute Gasteiger partial charge is 0.122 e. The molecule has 1 rings (SSSR count). The molecular formula is C5H11N3O. The van der Waals surface area contributed by atoms with E-state index in [1.165, 1.54) is 0 Å². The second-order valence-electron chi connectivity index (χ2n) is 1.81. The fraction of sp³-hybridized carbons (Fsp3) is 0.800. The molecule has 0 aromatic rings. The van der Waals surface area contributed by atoms with Crippen molar-refractivity contribution >= 4 is 6.21 Å². The Bertz CT molecular complexity index is 115. The minimum Gasteiger partial charge on any atom is -0.299 e. The van der Waals surface area contributed by atoms with Crippen molar-refractivity contribution in [3.05, 3.63) is 0 Å². The number of nitrogens with one attached hydrogen (secondary N) is 1. The zero-order valence-corrected chi connectivity index (χ0v) is 5.66. The summed E-state index contributed by atoms with van der Waals surface area (Å²) in [6.45, 7) is 0.627. The van der Waals surface area contributed by atoms with E-state index in [1.54, 1.807) is 12.2 Å². The van der Waals surface area contributed by atoms with Crippen LogP contribution in [0.25, 0.3) is 0 Å². The highest BCUT2D eigenvalue weighted by Crippen LogP contribution is 1.99. The van der Waals surface area contributed by atoms with Crippen molar-refractivity contribution in [2.45, 2.75) is 6.17 Å². The van der Waals surface area contributed by atoms with E-state index in [2.05, 4.69) is 10.3 Å². The molecule has 52 valence electrons. The van der Waals surface area contributed by atoms with E-state index < -0.39 is 0 Å². The van der Waals surface area contributed by atoms with Gasteiger partial charge >= 0.3 is 0 Å². The lowest BCUT2D eigenvalue weighted by atomic mass is 10.6. The third-order valence-electron chi connectivity index (χ3n) is 1.31. The monoisotopic (exact) mass is 129 g/mol. The maximum Gasteiger partial charge on any atom is 0.122 e. The van der Waals surface area contributed by atoms with Crippen LogP contribution >= 0.6 is 0 Å². The molecule has 1 atom stereocenters. The Hall–Kier alpha value is -0.450. The fourth-order valence-electron chi connectivity index (χ4n) is 0.780. The van der Waals surface area contributed by atoms with Crippen LogP contribution in [0.15, 0.2) is 4.99 Å². The molecule has 0 amide bonds. The largest absolute Gasteiger partial charge is 0.299 e. The summed E-state index contributed by atoms with van der Waals surface area (Å²) in [6.07, 6.45) is 1.97. The molecule has 0 spiro atoms. The molecule has 0 saturated carbocycles.